The van der Waals surface area contributed by atoms with Gasteiger partial charge in [-0.1, -0.05) is 39.3 Å². The number of halogens is 1. The molecule has 0 unspecified atom stereocenters. The Bertz CT molecular complexity index is 815. The molecule has 0 fully saturated rings. The van der Waals surface area contributed by atoms with Crippen LogP contribution in [0.3, 0.4) is 0 Å². The maximum absolute atomic E-state index is 10.8. The summed E-state index contributed by atoms with van der Waals surface area (Å²) in [6.07, 6.45) is 3.77. The van der Waals surface area contributed by atoms with Crippen LogP contribution in [0.5, 0.6) is 0 Å². The summed E-state index contributed by atoms with van der Waals surface area (Å²) in [5, 5.41) is 22.0. The highest BCUT2D eigenvalue weighted by molar-refractivity contribution is 6.33. The Morgan fingerprint density at radius 3 is 1.93 bits per heavy atom. The van der Waals surface area contributed by atoms with Gasteiger partial charge in [-0.15, -0.1) is 0 Å². The molecule has 1 aromatic carbocycles. The zero-order chi connectivity index (χ0) is 20.4. The van der Waals surface area contributed by atoms with Crippen molar-refractivity contribution in [3.63, 3.8) is 0 Å². The van der Waals surface area contributed by atoms with Crippen molar-refractivity contribution in [2.24, 2.45) is 0 Å². The fraction of sp³-hybridized carbons (Fsp3) is 0.476. The fourth-order valence-corrected chi connectivity index (χ4v) is 3.72. The van der Waals surface area contributed by atoms with Crippen LogP contribution in [0.2, 0.25) is 5.02 Å². The van der Waals surface area contributed by atoms with Gasteiger partial charge in [0.05, 0.1) is 17.0 Å². The lowest BCUT2D eigenvalue weighted by Crippen LogP contribution is -2.26. The predicted molar refractivity (Wildman–Crippen MR) is 112 cm³/mol. The van der Waals surface area contributed by atoms with E-state index in [9.17, 15) is 10.2 Å². The number of rotatable bonds is 7. The van der Waals surface area contributed by atoms with Gasteiger partial charge in [0, 0.05) is 33.6 Å². The van der Waals surface area contributed by atoms with Gasteiger partial charge in [0.1, 0.15) is 5.60 Å². The largest absolute Gasteiger partial charge is 0.398 e. The Labute approximate surface area is 166 Å². The molecule has 0 saturated carbocycles. The minimum Gasteiger partial charge on any atom is -0.398 e. The minimum absolute atomic E-state index is 0.413. The average Bonchev–Trinajstić information content (AvgIpc) is 2.68. The molecule has 0 aliphatic rings. The summed E-state index contributed by atoms with van der Waals surface area (Å²) in [6.45, 7) is 7.63. The van der Waals surface area contributed by atoms with E-state index in [0.717, 1.165) is 0 Å². The first-order valence-electron chi connectivity index (χ1n) is 9.46. The Kier molecular flexibility index (Phi) is 6.40. The van der Waals surface area contributed by atoms with Crippen LogP contribution in [0, 0.1) is 0 Å². The van der Waals surface area contributed by atoms with Crippen molar-refractivity contribution in [3.05, 3.63) is 40.7 Å². The van der Waals surface area contributed by atoms with E-state index in [0.29, 0.717) is 64.5 Å². The first-order valence-corrected chi connectivity index (χ1v) is 9.84. The van der Waals surface area contributed by atoms with Crippen LogP contribution in [0.15, 0.2) is 24.4 Å². The van der Waals surface area contributed by atoms with Crippen molar-refractivity contribution in [2.45, 2.75) is 64.6 Å². The number of aromatic nitrogens is 1. The van der Waals surface area contributed by atoms with E-state index in [1.54, 1.807) is 24.4 Å². The molecule has 1 heterocycles. The van der Waals surface area contributed by atoms with Crippen LogP contribution < -0.4 is 11.5 Å². The molecule has 6 N–H and O–H groups in total. The highest BCUT2D eigenvalue weighted by Gasteiger charge is 2.30. The van der Waals surface area contributed by atoms with Crippen LogP contribution in [-0.4, -0.2) is 15.2 Å². The third-order valence-corrected chi connectivity index (χ3v) is 5.96. The minimum atomic E-state index is -1.05. The molecule has 0 spiro atoms. The van der Waals surface area contributed by atoms with Gasteiger partial charge in [-0.2, -0.15) is 0 Å². The molecular weight excluding hydrogens is 362 g/mol. The molecule has 148 valence electrons. The Morgan fingerprint density at radius 2 is 1.44 bits per heavy atom. The number of anilines is 2. The maximum atomic E-state index is 10.8. The van der Waals surface area contributed by atoms with E-state index >= 15 is 0 Å². The van der Waals surface area contributed by atoms with Crippen LogP contribution >= 0.6 is 11.6 Å². The van der Waals surface area contributed by atoms with Crippen LogP contribution in [-0.2, 0) is 11.2 Å². The summed E-state index contributed by atoms with van der Waals surface area (Å²) in [5.41, 5.74) is 13.8. The average molecular weight is 392 g/mol. The third kappa shape index (κ3) is 3.91. The van der Waals surface area contributed by atoms with Gasteiger partial charge < -0.3 is 21.7 Å². The summed E-state index contributed by atoms with van der Waals surface area (Å²) in [7, 11) is 0. The van der Waals surface area contributed by atoms with Crippen LogP contribution in [0.1, 0.15) is 64.6 Å². The number of nitrogen functional groups attached to an aromatic ring is 2. The summed E-state index contributed by atoms with van der Waals surface area (Å²) < 4.78 is 0. The predicted octanol–water partition coefficient (Wildman–Crippen LogP) is 4.58. The third-order valence-electron chi connectivity index (χ3n) is 5.65. The molecule has 0 bridgehead atoms. The SMILES string of the molecule is CCC(O)(CC)c1cc(Cl)c(-c2cnc(C(O)(CC)CC)c(N)c2)cc1N. The fourth-order valence-electron chi connectivity index (χ4n) is 3.45. The molecule has 6 heteroatoms. The van der Waals surface area contributed by atoms with E-state index in [4.69, 9.17) is 23.1 Å². The van der Waals surface area contributed by atoms with Crippen molar-refractivity contribution in [2.75, 3.05) is 11.5 Å². The second-order valence-electron chi connectivity index (χ2n) is 7.06. The molecule has 2 aromatic rings. The normalized spacial score (nSPS) is 12.4. The second-order valence-corrected chi connectivity index (χ2v) is 7.47. The molecule has 1 aromatic heterocycles. The highest BCUT2D eigenvalue weighted by Crippen LogP contribution is 2.40. The van der Waals surface area contributed by atoms with E-state index in [-0.39, 0.29) is 0 Å². The van der Waals surface area contributed by atoms with Gasteiger partial charge in [0.25, 0.3) is 0 Å². The Hall–Kier alpha value is -1.82. The van der Waals surface area contributed by atoms with Crippen molar-refractivity contribution in [1.82, 2.24) is 4.98 Å². The quantitative estimate of drug-likeness (QED) is 0.517. The molecule has 2 rings (SSSR count). The van der Waals surface area contributed by atoms with Gasteiger partial charge in [-0.3, -0.25) is 4.98 Å². The van der Waals surface area contributed by atoms with Crippen LogP contribution in [0.4, 0.5) is 11.4 Å². The maximum Gasteiger partial charge on any atom is 0.108 e. The molecule has 0 aliphatic carbocycles. The van der Waals surface area contributed by atoms with E-state index in [1.165, 1.54) is 0 Å². The van der Waals surface area contributed by atoms with Crippen molar-refractivity contribution < 1.29 is 10.2 Å². The smallest absolute Gasteiger partial charge is 0.108 e. The van der Waals surface area contributed by atoms with Gasteiger partial charge in [0.2, 0.25) is 0 Å². The molecular formula is C21H30ClN3O2. The molecule has 0 amide bonds. The lowest BCUT2D eigenvalue weighted by molar-refractivity contribution is 0.0248. The van der Waals surface area contributed by atoms with Crippen LogP contribution in [0.25, 0.3) is 11.1 Å². The number of nitrogens with zero attached hydrogens (tertiary/aromatic N) is 1. The highest BCUT2D eigenvalue weighted by atomic mass is 35.5. The van der Waals surface area contributed by atoms with E-state index < -0.39 is 11.2 Å². The number of benzene rings is 1. The number of nitrogens with two attached hydrogens (primary N) is 2. The Balaban J connectivity index is 2.54. The van der Waals surface area contributed by atoms with Gasteiger partial charge in [0.15, 0.2) is 0 Å². The number of aliphatic hydroxyl groups is 2. The topological polar surface area (TPSA) is 105 Å². The van der Waals surface area contributed by atoms with Gasteiger partial charge in [-0.05, 0) is 43.9 Å². The van der Waals surface area contributed by atoms with Gasteiger partial charge >= 0.3 is 0 Å². The van der Waals surface area contributed by atoms with E-state index in [1.807, 2.05) is 27.7 Å². The summed E-state index contributed by atoms with van der Waals surface area (Å²) >= 11 is 6.51. The first-order chi connectivity index (χ1) is 12.7. The van der Waals surface area contributed by atoms with E-state index in [2.05, 4.69) is 4.98 Å². The van der Waals surface area contributed by atoms with Crippen molar-refractivity contribution >= 4 is 23.0 Å². The van der Waals surface area contributed by atoms with Crippen molar-refractivity contribution in [3.8, 4) is 11.1 Å². The van der Waals surface area contributed by atoms with Crippen molar-refractivity contribution in [1.29, 1.82) is 0 Å². The standard InChI is InChI=1S/C21H30ClN3O2/c1-5-20(26,6-2)15-11-16(22)14(10-17(15)23)13-9-18(24)19(25-12-13)21(27,7-3)8-4/h9-12,26-27H,5-8,23-24H2,1-4H3. The zero-order valence-corrected chi connectivity index (χ0v) is 17.3. The zero-order valence-electron chi connectivity index (χ0n) is 16.5. The summed E-state index contributed by atoms with van der Waals surface area (Å²) in [4.78, 5) is 4.42. The molecule has 0 radical (unpaired) electrons. The second kappa shape index (κ2) is 8.05. The molecule has 5 nitrogen and oxygen atoms in total. The number of pyridine rings is 1. The summed E-state index contributed by atoms with van der Waals surface area (Å²) in [6, 6.07) is 5.22. The number of hydrogen-bond donors (Lipinski definition) is 4. The molecule has 0 saturated heterocycles. The molecule has 27 heavy (non-hydrogen) atoms. The summed E-state index contributed by atoms with van der Waals surface area (Å²) in [5.74, 6) is 0. The molecule has 0 aliphatic heterocycles. The first kappa shape index (κ1) is 21.5. The number of hydrogen-bond acceptors (Lipinski definition) is 5. The van der Waals surface area contributed by atoms with Gasteiger partial charge in [-0.25, -0.2) is 0 Å². The monoisotopic (exact) mass is 391 g/mol. The molecule has 0 atom stereocenters. The lowest BCUT2D eigenvalue weighted by Gasteiger charge is -2.28. The lowest BCUT2D eigenvalue weighted by atomic mass is 9.86. The Morgan fingerprint density at radius 1 is 0.889 bits per heavy atom.